The van der Waals surface area contributed by atoms with Crippen LogP contribution in [0.3, 0.4) is 0 Å². The molecule has 260 valence electrons. The van der Waals surface area contributed by atoms with Crippen molar-refractivity contribution in [3.63, 3.8) is 0 Å². The van der Waals surface area contributed by atoms with E-state index in [9.17, 15) is 4.57 Å². The zero-order valence-electron chi connectivity index (χ0n) is 29.9. The van der Waals surface area contributed by atoms with Crippen LogP contribution in [0.1, 0.15) is 200 Å². The third-order valence-corrected chi connectivity index (χ3v) is 9.99. The molecule has 0 saturated carbocycles. The monoisotopic (exact) mass is 632 g/mol. The molecule has 0 amide bonds. The van der Waals surface area contributed by atoms with E-state index >= 15 is 0 Å². The van der Waals surface area contributed by atoms with Crippen LogP contribution in [0, 0.1) is 0 Å². The summed E-state index contributed by atoms with van der Waals surface area (Å²) < 4.78 is 30.5. The Morgan fingerprint density at radius 3 is 0.860 bits per heavy atom. The maximum absolute atomic E-state index is 13.2. The van der Waals surface area contributed by atoms with E-state index < -0.39 is 7.82 Å². The van der Waals surface area contributed by atoms with Crippen LogP contribution in [0.5, 0.6) is 0 Å². The van der Waals surface area contributed by atoms with Gasteiger partial charge in [0.15, 0.2) is 0 Å². The average Bonchev–Trinajstić information content (AvgIpc) is 2.99. The summed E-state index contributed by atoms with van der Waals surface area (Å²) in [7, 11) is 0.608. The lowest BCUT2D eigenvalue weighted by molar-refractivity contribution is 0.107. The fraction of sp³-hybridized carbons (Fsp3) is 1.00. The van der Waals surface area contributed by atoms with Crippen molar-refractivity contribution < 1.29 is 18.1 Å². The van der Waals surface area contributed by atoms with E-state index in [2.05, 4.69) is 18.7 Å². The Morgan fingerprint density at radius 1 is 0.372 bits per heavy atom. The molecule has 5 nitrogen and oxygen atoms in total. The van der Waals surface area contributed by atoms with Gasteiger partial charge < -0.3 is 4.90 Å². The lowest BCUT2D eigenvalue weighted by Crippen LogP contribution is -2.15. The van der Waals surface area contributed by atoms with E-state index in [4.69, 9.17) is 13.6 Å². The van der Waals surface area contributed by atoms with Gasteiger partial charge in [-0.1, -0.05) is 181 Å². The SMILES string of the molecule is CCCCCCCCCCCCCCCCOP(=O)(OCCCCCCCCCCCCCCCC)OCCCN(C)C. The van der Waals surface area contributed by atoms with Crippen molar-refractivity contribution in [2.45, 2.75) is 200 Å². The third-order valence-electron chi connectivity index (χ3n) is 8.49. The highest BCUT2D eigenvalue weighted by atomic mass is 31.2. The highest BCUT2D eigenvalue weighted by Gasteiger charge is 2.26. The molecule has 0 N–H and O–H groups in total. The van der Waals surface area contributed by atoms with Crippen LogP contribution in [0.4, 0.5) is 0 Å². The molecule has 0 aromatic carbocycles. The maximum Gasteiger partial charge on any atom is 0.474 e. The predicted octanol–water partition coefficient (Wildman–Crippen LogP) is 13.1. The van der Waals surface area contributed by atoms with Crippen molar-refractivity contribution >= 4 is 7.82 Å². The Kier molecular flexibility index (Phi) is 35.0. The Bertz CT molecular complexity index is 537. The van der Waals surface area contributed by atoms with E-state index in [1.807, 2.05) is 14.1 Å². The first-order valence-corrected chi connectivity index (χ1v) is 20.7. The second kappa shape index (κ2) is 34.9. The molecule has 0 spiro atoms. The minimum Gasteiger partial charge on any atom is -0.309 e. The highest BCUT2D eigenvalue weighted by molar-refractivity contribution is 7.48. The van der Waals surface area contributed by atoms with Gasteiger partial charge >= 0.3 is 7.82 Å². The number of nitrogens with zero attached hydrogens (tertiary/aromatic N) is 1. The smallest absolute Gasteiger partial charge is 0.309 e. The van der Waals surface area contributed by atoms with Crippen LogP contribution in [-0.2, 0) is 18.1 Å². The van der Waals surface area contributed by atoms with Crippen molar-refractivity contribution in [2.75, 3.05) is 40.5 Å². The van der Waals surface area contributed by atoms with Gasteiger partial charge in [-0.3, -0.25) is 13.6 Å². The molecule has 0 aliphatic rings. The summed E-state index contributed by atoms with van der Waals surface area (Å²) in [4.78, 5) is 2.11. The third kappa shape index (κ3) is 34.8. The molecule has 0 aliphatic heterocycles. The molecule has 0 saturated heterocycles. The first kappa shape index (κ1) is 43.1. The molecule has 43 heavy (non-hydrogen) atoms. The second-order valence-corrected chi connectivity index (χ2v) is 15.0. The molecule has 0 fully saturated rings. The van der Waals surface area contributed by atoms with Crippen molar-refractivity contribution in [1.29, 1.82) is 0 Å². The molecule has 0 unspecified atom stereocenters. The summed E-state index contributed by atoms with van der Waals surface area (Å²) in [6.45, 7) is 6.80. The van der Waals surface area contributed by atoms with Gasteiger partial charge in [0, 0.05) is 0 Å². The average molecular weight is 632 g/mol. The zero-order chi connectivity index (χ0) is 31.5. The Morgan fingerprint density at radius 2 is 0.605 bits per heavy atom. The van der Waals surface area contributed by atoms with Crippen molar-refractivity contribution in [1.82, 2.24) is 4.90 Å². The number of phosphoric ester groups is 1. The topological polar surface area (TPSA) is 48.0 Å². The molecular weight excluding hydrogens is 553 g/mol. The van der Waals surface area contributed by atoms with Gasteiger partial charge in [-0.05, 0) is 39.9 Å². The minimum absolute atomic E-state index is 0.410. The molecule has 0 bridgehead atoms. The van der Waals surface area contributed by atoms with Crippen molar-refractivity contribution in [2.24, 2.45) is 0 Å². The molecular formula is C37H78NO4P. The number of phosphoric acid groups is 1. The van der Waals surface area contributed by atoms with Crippen molar-refractivity contribution in [3.8, 4) is 0 Å². The minimum atomic E-state index is -3.47. The van der Waals surface area contributed by atoms with E-state index in [-0.39, 0.29) is 0 Å². The van der Waals surface area contributed by atoms with Gasteiger partial charge in [-0.25, -0.2) is 4.57 Å². The second-order valence-electron chi connectivity index (χ2n) is 13.3. The standard InChI is InChI=1S/C37H78NO4P/c1-5-7-9-11-13-15-17-19-21-23-25-27-29-31-35-40-43(39,42-37-33-34-38(3)4)41-36-32-30-28-26-24-22-20-18-16-14-12-10-8-6-2/h5-37H2,1-4H3. The lowest BCUT2D eigenvalue weighted by Gasteiger charge is -2.19. The van der Waals surface area contributed by atoms with E-state index in [1.54, 1.807) is 0 Å². The summed E-state index contributed by atoms with van der Waals surface area (Å²) in [6.07, 6.45) is 37.8. The zero-order valence-corrected chi connectivity index (χ0v) is 30.8. The summed E-state index contributed by atoms with van der Waals surface area (Å²) in [5.74, 6) is 0. The summed E-state index contributed by atoms with van der Waals surface area (Å²) in [5.41, 5.74) is 0. The normalized spacial score (nSPS) is 12.1. The fourth-order valence-electron chi connectivity index (χ4n) is 5.61. The molecule has 0 aromatic heterocycles. The summed E-state index contributed by atoms with van der Waals surface area (Å²) in [5, 5.41) is 0. The van der Waals surface area contributed by atoms with Gasteiger partial charge in [0.25, 0.3) is 0 Å². The first-order chi connectivity index (χ1) is 21.0. The van der Waals surface area contributed by atoms with Crippen LogP contribution >= 0.6 is 7.82 Å². The molecule has 0 rings (SSSR count). The Hall–Kier alpha value is 0.0700. The number of rotatable bonds is 37. The van der Waals surface area contributed by atoms with Crippen LogP contribution < -0.4 is 0 Å². The van der Waals surface area contributed by atoms with E-state index in [1.165, 1.54) is 154 Å². The fourth-order valence-corrected chi connectivity index (χ4v) is 6.90. The van der Waals surface area contributed by atoms with Gasteiger partial charge in [0.05, 0.1) is 19.8 Å². The Balaban J connectivity index is 3.85. The number of hydrogen-bond donors (Lipinski definition) is 0. The van der Waals surface area contributed by atoms with Crippen LogP contribution in [-0.4, -0.2) is 45.4 Å². The molecule has 6 heteroatoms. The Labute approximate surface area is 271 Å². The highest BCUT2D eigenvalue weighted by Crippen LogP contribution is 2.49. The summed E-state index contributed by atoms with van der Waals surface area (Å²) >= 11 is 0. The van der Waals surface area contributed by atoms with E-state index in [0.29, 0.717) is 19.8 Å². The van der Waals surface area contributed by atoms with Gasteiger partial charge in [-0.2, -0.15) is 0 Å². The summed E-state index contributed by atoms with van der Waals surface area (Å²) in [6, 6.07) is 0. The van der Waals surface area contributed by atoms with E-state index in [0.717, 1.165) is 38.6 Å². The quantitative estimate of drug-likeness (QED) is 0.0504. The molecule has 0 atom stereocenters. The molecule has 0 heterocycles. The largest absolute Gasteiger partial charge is 0.474 e. The lowest BCUT2D eigenvalue weighted by atomic mass is 10.0. The van der Waals surface area contributed by atoms with Crippen LogP contribution in [0.15, 0.2) is 0 Å². The van der Waals surface area contributed by atoms with Crippen molar-refractivity contribution in [3.05, 3.63) is 0 Å². The predicted molar refractivity (Wildman–Crippen MR) is 189 cm³/mol. The van der Waals surface area contributed by atoms with Crippen LogP contribution in [0.2, 0.25) is 0 Å². The van der Waals surface area contributed by atoms with Crippen LogP contribution in [0.25, 0.3) is 0 Å². The van der Waals surface area contributed by atoms with Gasteiger partial charge in [0.2, 0.25) is 0 Å². The van der Waals surface area contributed by atoms with Gasteiger partial charge in [0.1, 0.15) is 0 Å². The molecule has 0 aromatic rings. The maximum atomic E-state index is 13.2. The first-order valence-electron chi connectivity index (χ1n) is 19.2. The number of unbranched alkanes of at least 4 members (excludes halogenated alkanes) is 26. The van der Waals surface area contributed by atoms with Gasteiger partial charge in [-0.15, -0.1) is 0 Å². The molecule has 0 aliphatic carbocycles. The number of hydrogen-bond acceptors (Lipinski definition) is 5. The molecule has 0 radical (unpaired) electrons.